The number of rotatable bonds is 3. The standard InChI is InChI=1S/C13H20N2O2/c1-9-3-4-15(13(9)8-16)11-5-10(14)6-12(7-11)17-2/h5-7,9,13,16H,3-4,8,14H2,1-2H3. The first-order valence-corrected chi connectivity index (χ1v) is 5.97. The van der Waals surface area contributed by atoms with Gasteiger partial charge in [0, 0.05) is 30.1 Å². The molecule has 0 radical (unpaired) electrons. The van der Waals surface area contributed by atoms with E-state index in [4.69, 9.17) is 10.5 Å². The first-order valence-electron chi connectivity index (χ1n) is 5.97. The third-order valence-corrected chi connectivity index (χ3v) is 3.55. The Morgan fingerprint density at radius 1 is 1.47 bits per heavy atom. The number of hydrogen-bond donors (Lipinski definition) is 2. The number of nitrogens with two attached hydrogens (primary N) is 1. The Bertz CT molecular complexity index is 395. The van der Waals surface area contributed by atoms with Crippen molar-refractivity contribution < 1.29 is 9.84 Å². The van der Waals surface area contributed by atoms with Crippen LogP contribution in [0.5, 0.6) is 5.75 Å². The molecule has 1 heterocycles. The largest absolute Gasteiger partial charge is 0.497 e. The van der Waals surface area contributed by atoms with Crippen LogP contribution in [0.4, 0.5) is 11.4 Å². The Hall–Kier alpha value is -1.42. The second-order valence-electron chi connectivity index (χ2n) is 4.67. The van der Waals surface area contributed by atoms with Gasteiger partial charge in [0.25, 0.3) is 0 Å². The third kappa shape index (κ3) is 2.31. The van der Waals surface area contributed by atoms with Crippen LogP contribution < -0.4 is 15.4 Å². The number of ether oxygens (including phenoxy) is 1. The van der Waals surface area contributed by atoms with Crippen molar-refractivity contribution in [2.45, 2.75) is 19.4 Å². The van der Waals surface area contributed by atoms with Gasteiger partial charge >= 0.3 is 0 Å². The Labute approximate surface area is 102 Å². The fraction of sp³-hybridized carbons (Fsp3) is 0.538. The minimum atomic E-state index is 0.179. The van der Waals surface area contributed by atoms with Crippen molar-refractivity contribution in [2.24, 2.45) is 5.92 Å². The molecule has 2 atom stereocenters. The second-order valence-corrected chi connectivity index (χ2v) is 4.67. The summed E-state index contributed by atoms with van der Waals surface area (Å²) in [6.45, 7) is 3.31. The van der Waals surface area contributed by atoms with Gasteiger partial charge < -0.3 is 20.5 Å². The summed E-state index contributed by atoms with van der Waals surface area (Å²) in [6.07, 6.45) is 1.10. The molecule has 3 N–H and O–H groups in total. The Balaban J connectivity index is 2.30. The van der Waals surface area contributed by atoms with E-state index in [1.807, 2.05) is 12.1 Å². The van der Waals surface area contributed by atoms with E-state index in [1.165, 1.54) is 0 Å². The zero-order valence-corrected chi connectivity index (χ0v) is 10.4. The number of benzene rings is 1. The van der Waals surface area contributed by atoms with Crippen LogP contribution in [0.15, 0.2) is 18.2 Å². The lowest BCUT2D eigenvalue weighted by molar-refractivity contribution is 0.244. The highest BCUT2D eigenvalue weighted by atomic mass is 16.5. The number of aliphatic hydroxyl groups is 1. The molecule has 0 spiro atoms. The molecule has 0 amide bonds. The van der Waals surface area contributed by atoms with Crippen LogP contribution in [-0.2, 0) is 0 Å². The van der Waals surface area contributed by atoms with Gasteiger partial charge in [0.2, 0.25) is 0 Å². The molecule has 4 nitrogen and oxygen atoms in total. The number of nitrogens with zero attached hydrogens (tertiary/aromatic N) is 1. The summed E-state index contributed by atoms with van der Waals surface area (Å²) in [4.78, 5) is 2.21. The predicted molar refractivity (Wildman–Crippen MR) is 69.4 cm³/mol. The first kappa shape index (κ1) is 12.0. The van der Waals surface area contributed by atoms with Crippen molar-refractivity contribution in [3.8, 4) is 5.75 Å². The lowest BCUT2D eigenvalue weighted by atomic mass is 10.0. The molecular formula is C13H20N2O2. The number of anilines is 2. The van der Waals surface area contributed by atoms with Crippen LogP contribution in [0.2, 0.25) is 0 Å². The van der Waals surface area contributed by atoms with E-state index < -0.39 is 0 Å². The number of hydrogen-bond acceptors (Lipinski definition) is 4. The first-order chi connectivity index (χ1) is 8.15. The zero-order chi connectivity index (χ0) is 12.4. The van der Waals surface area contributed by atoms with Gasteiger partial charge in [-0.05, 0) is 18.4 Å². The summed E-state index contributed by atoms with van der Waals surface area (Å²) < 4.78 is 5.22. The summed E-state index contributed by atoms with van der Waals surface area (Å²) in [5, 5.41) is 9.46. The molecule has 1 aliphatic heterocycles. The quantitative estimate of drug-likeness (QED) is 0.781. The van der Waals surface area contributed by atoms with E-state index in [-0.39, 0.29) is 12.6 Å². The Morgan fingerprint density at radius 3 is 2.88 bits per heavy atom. The molecule has 2 unspecified atom stereocenters. The van der Waals surface area contributed by atoms with Crippen molar-refractivity contribution in [3.05, 3.63) is 18.2 Å². The van der Waals surface area contributed by atoms with Crippen molar-refractivity contribution in [3.63, 3.8) is 0 Å². The van der Waals surface area contributed by atoms with Gasteiger partial charge in [-0.3, -0.25) is 0 Å². The highest BCUT2D eigenvalue weighted by molar-refractivity contribution is 5.61. The van der Waals surface area contributed by atoms with Gasteiger partial charge in [-0.2, -0.15) is 0 Å². The average molecular weight is 236 g/mol. The lowest BCUT2D eigenvalue weighted by Crippen LogP contribution is -2.35. The molecule has 4 heteroatoms. The fourth-order valence-electron chi connectivity index (χ4n) is 2.50. The molecule has 1 saturated heterocycles. The van der Waals surface area contributed by atoms with Crippen molar-refractivity contribution in [1.29, 1.82) is 0 Å². The highest BCUT2D eigenvalue weighted by Crippen LogP contribution is 2.33. The van der Waals surface area contributed by atoms with Crippen molar-refractivity contribution in [1.82, 2.24) is 0 Å². The predicted octanol–water partition coefficient (Wildman–Crippen LogP) is 1.48. The lowest BCUT2D eigenvalue weighted by Gasteiger charge is -2.27. The molecule has 1 aromatic rings. The van der Waals surface area contributed by atoms with Gasteiger partial charge in [0.05, 0.1) is 19.8 Å². The summed E-state index contributed by atoms with van der Waals surface area (Å²) >= 11 is 0. The summed E-state index contributed by atoms with van der Waals surface area (Å²) in [6, 6.07) is 5.89. The summed E-state index contributed by atoms with van der Waals surface area (Å²) in [5.74, 6) is 1.27. The third-order valence-electron chi connectivity index (χ3n) is 3.55. The minimum absolute atomic E-state index is 0.179. The monoisotopic (exact) mass is 236 g/mol. The van der Waals surface area contributed by atoms with E-state index in [1.54, 1.807) is 13.2 Å². The molecule has 1 aromatic carbocycles. The zero-order valence-electron chi connectivity index (χ0n) is 10.4. The summed E-state index contributed by atoms with van der Waals surface area (Å²) in [5.41, 5.74) is 7.58. The number of aliphatic hydroxyl groups excluding tert-OH is 1. The van der Waals surface area contributed by atoms with Gasteiger partial charge in [-0.15, -0.1) is 0 Å². The number of nitrogen functional groups attached to an aromatic ring is 1. The SMILES string of the molecule is COc1cc(N)cc(N2CCC(C)C2CO)c1. The smallest absolute Gasteiger partial charge is 0.122 e. The van der Waals surface area contributed by atoms with E-state index >= 15 is 0 Å². The Morgan fingerprint density at radius 2 is 2.24 bits per heavy atom. The molecule has 2 rings (SSSR count). The molecule has 0 bridgehead atoms. The Kier molecular flexibility index (Phi) is 3.43. The van der Waals surface area contributed by atoms with Crippen molar-refractivity contribution >= 4 is 11.4 Å². The molecular weight excluding hydrogens is 216 g/mol. The highest BCUT2D eigenvalue weighted by Gasteiger charge is 2.30. The molecule has 0 aliphatic carbocycles. The normalized spacial score (nSPS) is 24.1. The van der Waals surface area contributed by atoms with Gasteiger partial charge in [0.15, 0.2) is 0 Å². The molecule has 1 fully saturated rings. The van der Waals surface area contributed by atoms with Crippen LogP contribution in [0.3, 0.4) is 0 Å². The molecule has 0 saturated carbocycles. The van der Waals surface area contributed by atoms with Gasteiger partial charge in [0.1, 0.15) is 5.75 Å². The van der Waals surface area contributed by atoms with Crippen molar-refractivity contribution in [2.75, 3.05) is 30.9 Å². The molecule has 0 aromatic heterocycles. The van der Waals surface area contributed by atoms with Crippen LogP contribution in [-0.4, -0.2) is 31.4 Å². The average Bonchev–Trinajstić information content (AvgIpc) is 2.69. The maximum Gasteiger partial charge on any atom is 0.122 e. The second kappa shape index (κ2) is 4.84. The summed E-state index contributed by atoms with van der Waals surface area (Å²) in [7, 11) is 1.63. The van der Waals surface area contributed by atoms with E-state index in [0.717, 1.165) is 24.4 Å². The van der Waals surface area contributed by atoms with Crippen LogP contribution in [0, 0.1) is 5.92 Å². The minimum Gasteiger partial charge on any atom is -0.497 e. The maximum absolute atomic E-state index is 9.46. The number of methoxy groups -OCH3 is 1. The molecule has 17 heavy (non-hydrogen) atoms. The maximum atomic E-state index is 9.46. The van der Waals surface area contributed by atoms with E-state index in [2.05, 4.69) is 11.8 Å². The van der Waals surface area contributed by atoms with E-state index in [0.29, 0.717) is 11.6 Å². The fourth-order valence-corrected chi connectivity index (χ4v) is 2.50. The van der Waals surface area contributed by atoms with Gasteiger partial charge in [-0.25, -0.2) is 0 Å². The van der Waals surface area contributed by atoms with Crippen LogP contribution in [0.25, 0.3) is 0 Å². The van der Waals surface area contributed by atoms with Gasteiger partial charge in [-0.1, -0.05) is 6.92 Å². The van der Waals surface area contributed by atoms with Crippen LogP contribution in [0.1, 0.15) is 13.3 Å². The van der Waals surface area contributed by atoms with Crippen LogP contribution >= 0.6 is 0 Å². The topological polar surface area (TPSA) is 58.7 Å². The van der Waals surface area contributed by atoms with E-state index in [9.17, 15) is 5.11 Å². The molecule has 94 valence electrons. The molecule has 1 aliphatic rings.